The lowest BCUT2D eigenvalue weighted by Crippen LogP contribution is -2.40. The summed E-state index contributed by atoms with van der Waals surface area (Å²) < 4.78 is 0. The Bertz CT molecular complexity index is 603. The van der Waals surface area contributed by atoms with Crippen LogP contribution in [0, 0.1) is 0 Å². The summed E-state index contributed by atoms with van der Waals surface area (Å²) in [5, 5.41) is 13.3. The summed E-state index contributed by atoms with van der Waals surface area (Å²) in [6.45, 7) is 1.02. The van der Waals surface area contributed by atoms with Crippen molar-refractivity contribution in [3.05, 3.63) is 54.1 Å². The number of allylic oxidation sites excluding steroid dienone is 4. The lowest BCUT2D eigenvalue weighted by molar-refractivity contribution is 0.314. The first-order valence-corrected chi connectivity index (χ1v) is 8.75. The molecule has 0 bridgehead atoms. The third-order valence-electron chi connectivity index (χ3n) is 4.82. The summed E-state index contributed by atoms with van der Waals surface area (Å²) >= 11 is 0. The van der Waals surface area contributed by atoms with Gasteiger partial charge in [0.2, 0.25) is 0 Å². The number of rotatable bonds is 1. The maximum Gasteiger partial charge on any atom is 0.0798 e. The molecule has 0 saturated carbocycles. The molecule has 1 aromatic carbocycles. The van der Waals surface area contributed by atoms with Gasteiger partial charge in [-0.15, -0.1) is 0 Å². The van der Waals surface area contributed by atoms with Gasteiger partial charge in [0.15, 0.2) is 0 Å². The van der Waals surface area contributed by atoms with E-state index >= 15 is 0 Å². The molecule has 1 aromatic rings. The molecule has 0 radical (unpaired) electrons. The predicted molar refractivity (Wildman–Crippen MR) is 96.5 cm³/mol. The van der Waals surface area contributed by atoms with E-state index in [2.05, 4.69) is 58.6 Å². The van der Waals surface area contributed by atoms with Crippen LogP contribution in [0.25, 0.3) is 0 Å². The van der Waals surface area contributed by atoms with Crippen molar-refractivity contribution < 1.29 is 5.21 Å². The van der Waals surface area contributed by atoms with Crippen molar-refractivity contribution in [1.82, 2.24) is 0 Å². The second-order valence-corrected chi connectivity index (χ2v) is 6.32. The molecule has 3 heteroatoms. The summed E-state index contributed by atoms with van der Waals surface area (Å²) in [6, 6.07) is 8.82. The Morgan fingerprint density at radius 1 is 0.913 bits per heavy atom. The van der Waals surface area contributed by atoms with Crippen LogP contribution >= 0.6 is 0 Å². The SMILES string of the molecule is O/N=C1\CC/C=C/CC/C=C/CC[C@@H]1N1CCc2ccccc21. The van der Waals surface area contributed by atoms with Gasteiger partial charge in [-0.1, -0.05) is 47.7 Å². The van der Waals surface area contributed by atoms with Crippen LogP contribution in [0.5, 0.6) is 0 Å². The summed E-state index contributed by atoms with van der Waals surface area (Å²) in [4.78, 5) is 2.44. The zero-order valence-corrected chi connectivity index (χ0v) is 13.7. The van der Waals surface area contributed by atoms with Crippen LogP contribution in [-0.2, 0) is 6.42 Å². The number of nitrogens with zero attached hydrogens (tertiary/aromatic N) is 2. The van der Waals surface area contributed by atoms with Crippen molar-refractivity contribution in [2.75, 3.05) is 11.4 Å². The largest absolute Gasteiger partial charge is 0.411 e. The second-order valence-electron chi connectivity index (χ2n) is 6.32. The van der Waals surface area contributed by atoms with E-state index in [1.165, 1.54) is 11.3 Å². The first-order chi connectivity index (χ1) is 11.4. The highest BCUT2D eigenvalue weighted by molar-refractivity contribution is 5.92. The molecule has 1 aliphatic heterocycles. The summed E-state index contributed by atoms with van der Waals surface area (Å²) in [5.41, 5.74) is 3.64. The Morgan fingerprint density at radius 2 is 1.65 bits per heavy atom. The van der Waals surface area contributed by atoms with Crippen molar-refractivity contribution in [2.24, 2.45) is 5.16 Å². The highest BCUT2D eigenvalue weighted by Crippen LogP contribution is 2.31. The molecule has 0 aromatic heterocycles. The Hall–Kier alpha value is -2.03. The molecule has 3 nitrogen and oxygen atoms in total. The Kier molecular flexibility index (Phi) is 5.51. The van der Waals surface area contributed by atoms with E-state index in [0.29, 0.717) is 0 Å². The van der Waals surface area contributed by atoms with Gasteiger partial charge in [0.05, 0.1) is 11.8 Å². The molecule has 0 saturated heterocycles. The topological polar surface area (TPSA) is 35.8 Å². The fraction of sp³-hybridized carbons (Fsp3) is 0.450. The molecule has 2 aliphatic rings. The van der Waals surface area contributed by atoms with E-state index in [-0.39, 0.29) is 6.04 Å². The van der Waals surface area contributed by atoms with Crippen LogP contribution in [-0.4, -0.2) is 23.5 Å². The average molecular weight is 310 g/mol. The third kappa shape index (κ3) is 3.84. The minimum atomic E-state index is 0.195. The predicted octanol–water partition coefficient (Wildman–Crippen LogP) is 4.71. The molecule has 1 N–H and O–H groups in total. The van der Waals surface area contributed by atoms with Gasteiger partial charge in [-0.05, 0) is 56.6 Å². The molecule has 1 aliphatic carbocycles. The molecule has 0 amide bonds. The maximum atomic E-state index is 9.59. The fourth-order valence-electron chi connectivity index (χ4n) is 3.62. The van der Waals surface area contributed by atoms with E-state index in [1.54, 1.807) is 0 Å². The molecule has 1 heterocycles. The first-order valence-electron chi connectivity index (χ1n) is 8.75. The molecule has 0 fully saturated rings. The lowest BCUT2D eigenvalue weighted by Gasteiger charge is -2.31. The standard InChI is InChI=1S/C20H26N2O/c23-21-18-12-7-5-3-1-2-4-6-8-14-20(18)22-16-15-17-11-9-10-13-19(17)22/h3-6,9-11,13,20,23H,1-2,7-8,12,14-16H2/b5-3+,6-4+,21-18+/t20-/m0/s1. The van der Waals surface area contributed by atoms with Crippen LogP contribution in [0.3, 0.4) is 0 Å². The molecule has 3 rings (SSSR count). The van der Waals surface area contributed by atoms with E-state index in [0.717, 1.165) is 57.2 Å². The van der Waals surface area contributed by atoms with Crippen LogP contribution in [0.2, 0.25) is 0 Å². The maximum absolute atomic E-state index is 9.59. The Labute approximate surface area is 139 Å². The number of benzene rings is 1. The number of fused-ring (bicyclic) bond motifs is 1. The average Bonchev–Trinajstić information content (AvgIpc) is 2.99. The quantitative estimate of drug-likeness (QED) is 0.463. The Morgan fingerprint density at radius 3 is 2.48 bits per heavy atom. The molecule has 23 heavy (non-hydrogen) atoms. The molecule has 1 atom stereocenters. The Balaban J connectivity index is 1.83. The number of hydrogen-bond acceptors (Lipinski definition) is 3. The summed E-state index contributed by atoms with van der Waals surface area (Å²) in [6.07, 6.45) is 16.1. The molecular weight excluding hydrogens is 284 g/mol. The minimum Gasteiger partial charge on any atom is -0.411 e. The van der Waals surface area contributed by atoms with Crippen LogP contribution in [0.1, 0.15) is 44.1 Å². The van der Waals surface area contributed by atoms with Gasteiger partial charge in [0.25, 0.3) is 0 Å². The number of oxime groups is 1. The minimum absolute atomic E-state index is 0.195. The molecule has 0 spiro atoms. The fourth-order valence-corrected chi connectivity index (χ4v) is 3.62. The molecule has 0 unspecified atom stereocenters. The van der Waals surface area contributed by atoms with Crippen molar-refractivity contribution in [3.63, 3.8) is 0 Å². The zero-order valence-electron chi connectivity index (χ0n) is 13.7. The van der Waals surface area contributed by atoms with E-state index in [4.69, 9.17) is 0 Å². The van der Waals surface area contributed by atoms with Gasteiger partial charge in [-0.25, -0.2) is 0 Å². The van der Waals surface area contributed by atoms with Gasteiger partial charge in [0, 0.05) is 12.2 Å². The van der Waals surface area contributed by atoms with Crippen molar-refractivity contribution >= 4 is 11.4 Å². The lowest BCUT2D eigenvalue weighted by atomic mass is 9.99. The normalized spacial score (nSPS) is 27.0. The first kappa shape index (κ1) is 15.9. The summed E-state index contributed by atoms with van der Waals surface area (Å²) in [5.74, 6) is 0. The molecule has 122 valence electrons. The monoisotopic (exact) mass is 310 g/mol. The third-order valence-corrected chi connectivity index (χ3v) is 4.82. The van der Waals surface area contributed by atoms with Gasteiger partial charge in [0.1, 0.15) is 0 Å². The van der Waals surface area contributed by atoms with E-state index in [9.17, 15) is 5.21 Å². The summed E-state index contributed by atoms with van der Waals surface area (Å²) in [7, 11) is 0. The highest BCUT2D eigenvalue weighted by atomic mass is 16.4. The van der Waals surface area contributed by atoms with Crippen molar-refractivity contribution in [3.8, 4) is 0 Å². The second kappa shape index (κ2) is 8.00. The van der Waals surface area contributed by atoms with Gasteiger partial charge in [-0.2, -0.15) is 0 Å². The molecular formula is C20H26N2O. The zero-order chi connectivity index (χ0) is 15.9. The smallest absolute Gasteiger partial charge is 0.0798 e. The van der Waals surface area contributed by atoms with Gasteiger partial charge in [-0.3, -0.25) is 0 Å². The van der Waals surface area contributed by atoms with E-state index in [1.807, 2.05) is 0 Å². The van der Waals surface area contributed by atoms with Crippen LogP contribution in [0.4, 0.5) is 5.69 Å². The van der Waals surface area contributed by atoms with Crippen molar-refractivity contribution in [1.29, 1.82) is 0 Å². The number of anilines is 1. The number of hydrogen-bond donors (Lipinski definition) is 1. The van der Waals surface area contributed by atoms with Crippen LogP contribution in [0.15, 0.2) is 53.7 Å². The van der Waals surface area contributed by atoms with Crippen LogP contribution < -0.4 is 4.90 Å². The van der Waals surface area contributed by atoms with Crippen molar-refractivity contribution in [2.45, 2.75) is 51.0 Å². The number of para-hydroxylation sites is 1. The highest BCUT2D eigenvalue weighted by Gasteiger charge is 2.28. The van der Waals surface area contributed by atoms with Gasteiger partial charge >= 0.3 is 0 Å². The van der Waals surface area contributed by atoms with Gasteiger partial charge < -0.3 is 10.1 Å². The van der Waals surface area contributed by atoms with E-state index < -0.39 is 0 Å².